The van der Waals surface area contributed by atoms with E-state index in [4.69, 9.17) is 25.8 Å². The van der Waals surface area contributed by atoms with E-state index in [1.165, 1.54) is 13.2 Å². The lowest BCUT2D eigenvalue weighted by Crippen LogP contribution is -2.17. The third-order valence-corrected chi connectivity index (χ3v) is 2.76. The van der Waals surface area contributed by atoms with Gasteiger partial charge in [-0.2, -0.15) is 0 Å². The Kier molecular flexibility index (Phi) is 3.52. The van der Waals surface area contributed by atoms with E-state index < -0.39 is 0 Å². The first-order valence-corrected chi connectivity index (χ1v) is 5.34. The van der Waals surface area contributed by atoms with Crippen LogP contribution in [0.4, 0.5) is 0 Å². The number of carbonyl (C=O) groups excluding carboxylic acids is 1. The van der Waals surface area contributed by atoms with Gasteiger partial charge in [-0.05, 0) is 0 Å². The minimum absolute atomic E-state index is 0.0885. The lowest BCUT2D eigenvalue weighted by atomic mass is 10.1. The zero-order valence-electron chi connectivity index (χ0n) is 9.16. The largest absolute Gasteiger partial charge is 0.495 e. The Bertz CT molecular complexity index is 483. The van der Waals surface area contributed by atoms with Crippen molar-refractivity contribution in [2.24, 2.45) is 4.99 Å². The van der Waals surface area contributed by atoms with E-state index in [0.29, 0.717) is 41.0 Å². The molecule has 90 valence electrons. The number of methoxy groups -OCH3 is 1. The van der Waals surface area contributed by atoms with Gasteiger partial charge in [0.25, 0.3) is 0 Å². The van der Waals surface area contributed by atoms with E-state index in [0.717, 1.165) is 0 Å². The number of nitrogens with zero attached hydrogens (tertiary/aromatic N) is 1. The molecular formula is C11H10ClNO4. The molecule has 1 aliphatic heterocycles. The number of fused-ring (bicyclic) bond motifs is 1. The SMILES string of the molecule is COc1cc2c(c(CN=C=O)c1Cl)OCCO2. The molecule has 6 heteroatoms. The minimum Gasteiger partial charge on any atom is -0.495 e. The monoisotopic (exact) mass is 255 g/mol. The Hall–Kier alpha value is -1.71. The van der Waals surface area contributed by atoms with E-state index in [9.17, 15) is 4.79 Å². The second-order valence-corrected chi connectivity index (χ2v) is 3.68. The Balaban J connectivity index is 2.54. The highest BCUT2D eigenvalue weighted by Gasteiger charge is 2.22. The fraction of sp³-hybridized carbons (Fsp3) is 0.364. The molecule has 0 aliphatic carbocycles. The van der Waals surface area contributed by atoms with Gasteiger partial charge in [-0.15, -0.1) is 0 Å². The molecule has 0 atom stereocenters. The van der Waals surface area contributed by atoms with Crippen LogP contribution in [0.5, 0.6) is 17.2 Å². The zero-order chi connectivity index (χ0) is 12.3. The molecule has 1 heterocycles. The number of hydrogen-bond donors (Lipinski definition) is 0. The third-order valence-electron chi connectivity index (χ3n) is 2.35. The normalized spacial score (nSPS) is 12.8. The lowest BCUT2D eigenvalue weighted by Gasteiger charge is -2.22. The molecule has 17 heavy (non-hydrogen) atoms. The summed E-state index contributed by atoms with van der Waals surface area (Å²) in [7, 11) is 1.50. The van der Waals surface area contributed by atoms with E-state index in [-0.39, 0.29) is 6.54 Å². The molecule has 0 unspecified atom stereocenters. The van der Waals surface area contributed by atoms with Crippen molar-refractivity contribution >= 4 is 17.7 Å². The number of benzene rings is 1. The second kappa shape index (κ2) is 5.08. The summed E-state index contributed by atoms with van der Waals surface area (Å²) in [6.45, 7) is 0.993. The van der Waals surface area contributed by atoms with Crippen LogP contribution < -0.4 is 14.2 Å². The number of ether oxygens (including phenoxy) is 3. The van der Waals surface area contributed by atoms with Crippen LogP contribution in [0.2, 0.25) is 5.02 Å². The van der Waals surface area contributed by atoms with E-state index >= 15 is 0 Å². The minimum atomic E-state index is 0.0885. The van der Waals surface area contributed by atoms with Gasteiger partial charge in [0.05, 0.1) is 18.7 Å². The van der Waals surface area contributed by atoms with Crippen molar-refractivity contribution in [3.63, 3.8) is 0 Å². The first kappa shape index (κ1) is 11.8. The molecule has 0 fully saturated rings. The Morgan fingerprint density at radius 3 is 3.00 bits per heavy atom. The Morgan fingerprint density at radius 2 is 2.29 bits per heavy atom. The highest BCUT2D eigenvalue weighted by atomic mass is 35.5. The number of isocyanates is 1. The van der Waals surface area contributed by atoms with Gasteiger partial charge in [-0.3, -0.25) is 0 Å². The number of rotatable bonds is 3. The quantitative estimate of drug-likeness (QED) is 0.612. The maximum absolute atomic E-state index is 10.2. The van der Waals surface area contributed by atoms with E-state index in [1.807, 2.05) is 0 Å². The molecule has 0 aromatic heterocycles. The van der Waals surface area contributed by atoms with Gasteiger partial charge in [-0.25, -0.2) is 9.79 Å². The fourth-order valence-corrected chi connectivity index (χ4v) is 1.88. The molecule has 0 saturated carbocycles. The average Bonchev–Trinajstić information content (AvgIpc) is 2.37. The molecule has 0 spiro atoms. The summed E-state index contributed by atoms with van der Waals surface area (Å²) in [6, 6.07) is 1.66. The average molecular weight is 256 g/mol. The fourth-order valence-electron chi connectivity index (χ4n) is 1.61. The van der Waals surface area contributed by atoms with Crippen molar-refractivity contribution in [1.29, 1.82) is 0 Å². The maximum atomic E-state index is 10.2. The van der Waals surface area contributed by atoms with Gasteiger partial charge < -0.3 is 14.2 Å². The summed E-state index contributed by atoms with van der Waals surface area (Å²) in [5.74, 6) is 1.53. The first-order chi connectivity index (χ1) is 8.27. The highest BCUT2D eigenvalue weighted by Crippen LogP contribution is 2.44. The molecule has 0 amide bonds. The molecule has 0 saturated heterocycles. The Labute approximate surface area is 103 Å². The van der Waals surface area contributed by atoms with Crippen LogP contribution in [0.15, 0.2) is 11.1 Å². The van der Waals surface area contributed by atoms with Gasteiger partial charge in [0, 0.05) is 11.6 Å². The topological polar surface area (TPSA) is 57.1 Å². The third kappa shape index (κ3) is 2.20. The first-order valence-electron chi connectivity index (χ1n) is 4.96. The standard InChI is InChI=1S/C11H10ClNO4/c1-15-8-4-9-11(17-3-2-16-9)7(10(8)12)5-13-6-14/h4H,2-3,5H2,1H3. The molecule has 0 radical (unpaired) electrons. The maximum Gasteiger partial charge on any atom is 0.235 e. The smallest absolute Gasteiger partial charge is 0.235 e. The molecule has 1 aromatic carbocycles. The number of hydrogen-bond acceptors (Lipinski definition) is 5. The van der Waals surface area contributed by atoms with E-state index in [2.05, 4.69) is 4.99 Å². The van der Waals surface area contributed by atoms with Crippen LogP contribution >= 0.6 is 11.6 Å². The predicted molar refractivity (Wildman–Crippen MR) is 60.8 cm³/mol. The molecule has 5 nitrogen and oxygen atoms in total. The van der Waals surface area contributed by atoms with Crippen LogP contribution in [0.3, 0.4) is 0 Å². The predicted octanol–water partition coefficient (Wildman–Crippen LogP) is 1.96. The van der Waals surface area contributed by atoms with Crippen molar-refractivity contribution in [3.05, 3.63) is 16.7 Å². The van der Waals surface area contributed by atoms with Gasteiger partial charge >= 0.3 is 0 Å². The lowest BCUT2D eigenvalue weighted by molar-refractivity contribution is 0.169. The van der Waals surface area contributed by atoms with Gasteiger partial charge in [0.1, 0.15) is 19.0 Å². The number of halogens is 1. The summed E-state index contributed by atoms with van der Waals surface area (Å²) < 4.78 is 16.0. The van der Waals surface area contributed by atoms with Crippen molar-refractivity contribution in [3.8, 4) is 17.2 Å². The highest BCUT2D eigenvalue weighted by molar-refractivity contribution is 6.33. The summed E-state index contributed by atoms with van der Waals surface area (Å²) >= 11 is 6.13. The van der Waals surface area contributed by atoms with Crippen LogP contribution in [-0.4, -0.2) is 26.4 Å². The van der Waals surface area contributed by atoms with Crippen LogP contribution in [-0.2, 0) is 11.3 Å². The molecule has 0 N–H and O–H groups in total. The molecule has 2 rings (SSSR count). The molecular weight excluding hydrogens is 246 g/mol. The van der Waals surface area contributed by atoms with Crippen molar-refractivity contribution in [2.75, 3.05) is 20.3 Å². The molecule has 1 aliphatic rings. The van der Waals surface area contributed by atoms with E-state index in [1.54, 1.807) is 6.07 Å². The molecule has 1 aromatic rings. The van der Waals surface area contributed by atoms with Crippen LogP contribution in [0.1, 0.15) is 5.56 Å². The van der Waals surface area contributed by atoms with Gasteiger partial charge in [0.15, 0.2) is 11.5 Å². The van der Waals surface area contributed by atoms with Crippen LogP contribution in [0, 0.1) is 0 Å². The summed E-state index contributed by atoms with van der Waals surface area (Å²) in [5, 5.41) is 0.371. The second-order valence-electron chi connectivity index (χ2n) is 3.30. The Morgan fingerprint density at radius 1 is 1.53 bits per heavy atom. The van der Waals surface area contributed by atoms with Crippen LogP contribution in [0.25, 0.3) is 0 Å². The summed E-state index contributed by atoms with van der Waals surface area (Å²) in [6.07, 6.45) is 1.47. The number of aliphatic imine (C=N–C) groups is 1. The van der Waals surface area contributed by atoms with Crippen molar-refractivity contribution in [1.82, 2.24) is 0 Å². The van der Waals surface area contributed by atoms with Gasteiger partial charge in [-0.1, -0.05) is 11.6 Å². The van der Waals surface area contributed by atoms with Gasteiger partial charge in [0.2, 0.25) is 6.08 Å². The summed E-state index contributed by atoms with van der Waals surface area (Å²) in [4.78, 5) is 13.7. The van der Waals surface area contributed by atoms with Crippen molar-refractivity contribution in [2.45, 2.75) is 6.54 Å². The summed E-state index contributed by atoms with van der Waals surface area (Å²) in [5.41, 5.74) is 0.573. The molecule has 0 bridgehead atoms. The zero-order valence-corrected chi connectivity index (χ0v) is 9.91. The van der Waals surface area contributed by atoms with Crippen molar-refractivity contribution < 1.29 is 19.0 Å².